The highest BCUT2D eigenvalue weighted by Crippen LogP contribution is 2.09. The van der Waals surface area contributed by atoms with E-state index in [2.05, 4.69) is 26.0 Å². The molecule has 0 radical (unpaired) electrons. The van der Waals surface area contributed by atoms with Crippen LogP contribution in [0.2, 0.25) is 0 Å². The molecule has 14 heavy (non-hydrogen) atoms. The maximum atomic E-state index is 12.6. The lowest BCUT2D eigenvalue weighted by atomic mass is 10.2. The molecule has 2 aromatic rings. The lowest BCUT2D eigenvalue weighted by Crippen LogP contribution is -2.02. The smallest absolute Gasteiger partial charge is 0.233 e. The van der Waals surface area contributed by atoms with Gasteiger partial charge in [-0.3, -0.25) is 0 Å². The Labute approximate surface area is 88.7 Å². The minimum Gasteiger partial charge on any atom is -0.233 e. The predicted molar refractivity (Wildman–Crippen MR) is 53.2 cm³/mol. The first-order valence-corrected chi connectivity index (χ1v) is 4.85. The number of benzene rings is 1. The minimum absolute atomic E-state index is 0.402. The monoisotopic (exact) mass is 255 g/mol. The van der Waals surface area contributed by atoms with Gasteiger partial charge in [-0.15, -0.1) is 5.10 Å². The van der Waals surface area contributed by atoms with E-state index in [9.17, 15) is 4.39 Å². The summed E-state index contributed by atoms with van der Waals surface area (Å²) < 4.78 is 14.5. The fourth-order valence-corrected chi connectivity index (χ4v) is 1.51. The van der Waals surface area contributed by atoms with Crippen LogP contribution >= 0.6 is 15.9 Å². The van der Waals surface area contributed by atoms with E-state index in [-0.39, 0.29) is 0 Å². The fourth-order valence-electron chi connectivity index (χ4n) is 1.15. The first-order valence-electron chi connectivity index (χ1n) is 4.05. The van der Waals surface area contributed by atoms with Gasteiger partial charge in [0.15, 0.2) is 4.73 Å². The van der Waals surface area contributed by atoms with E-state index in [0.717, 1.165) is 5.56 Å². The molecule has 1 aromatic heterocycles. The third kappa shape index (κ3) is 1.98. The van der Waals surface area contributed by atoms with Crippen molar-refractivity contribution >= 4 is 15.9 Å². The SMILES string of the molecule is Fc1nc(Br)n(Cc2ccccc2)n1. The van der Waals surface area contributed by atoms with Gasteiger partial charge in [0.2, 0.25) is 0 Å². The number of hydrogen-bond donors (Lipinski definition) is 0. The summed E-state index contributed by atoms with van der Waals surface area (Å²) in [5.74, 6) is 0. The van der Waals surface area contributed by atoms with Crippen molar-refractivity contribution < 1.29 is 4.39 Å². The average molecular weight is 256 g/mol. The van der Waals surface area contributed by atoms with E-state index < -0.39 is 6.08 Å². The zero-order valence-corrected chi connectivity index (χ0v) is 8.78. The number of nitrogens with zero attached hydrogens (tertiary/aromatic N) is 3. The Balaban J connectivity index is 2.23. The van der Waals surface area contributed by atoms with Gasteiger partial charge in [-0.05, 0) is 21.5 Å². The lowest BCUT2D eigenvalue weighted by Gasteiger charge is -2.00. The van der Waals surface area contributed by atoms with Gasteiger partial charge in [0.05, 0.1) is 6.54 Å². The van der Waals surface area contributed by atoms with E-state index in [1.165, 1.54) is 4.68 Å². The Morgan fingerprint density at radius 2 is 2.00 bits per heavy atom. The van der Waals surface area contributed by atoms with Gasteiger partial charge in [-0.2, -0.15) is 9.37 Å². The standard InChI is InChI=1S/C9H7BrFN3/c10-8-12-9(11)13-14(8)6-7-4-2-1-3-5-7/h1-5H,6H2. The molecule has 0 aliphatic rings. The first kappa shape index (κ1) is 9.33. The second-order valence-corrected chi connectivity index (χ2v) is 3.50. The Kier molecular flexibility index (Phi) is 2.58. The first-order chi connectivity index (χ1) is 6.75. The average Bonchev–Trinajstić information content (AvgIpc) is 2.47. The molecule has 72 valence electrons. The normalized spacial score (nSPS) is 10.4. The molecule has 0 fully saturated rings. The molecule has 5 heteroatoms. The molecule has 1 heterocycles. The van der Waals surface area contributed by atoms with Gasteiger partial charge in [0, 0.05) is 0 Å². The van der Waals surface area contributed by atoms with Crippen molar-refractivity contribution in [2.24, 2.45) is 0 Å². The van der Waals surface area contributed by atoms with Crippen LogP contribution < -0.4 is 0 Å². The highest BCUT2D eigenvalue weighted by molar-refractivity contribution is 9.10. The van der Waals surface area contributed by atoms with Crippen molar-refractivity contribution in [3.8, 4) is 0 Å². The Hall–Kier alpha value is -1.23. The quantitative estimate of drug-likeness (QED) is 0.824. The highest BCUT2D eigenvalue weighted by Gasteiger charge is 2.06. The Morgan fingerprint density at radius 3 is 2.57 bits per heavy atom. The summed E-state index contributed by atoms with van der Waals surface area (Å²) >= 11 is 3.12. The van der Waals surface area contributed by atoms with Gasteiger partial charge in [0.25, 0.3) is 0 Å². The Bertz CT molecular complexity index is 427. The molecule has 0 spiro atoms. The molecule has 2 rings (SSSR count). The molecule has 1 aromatic carbocycles. The minimum atomic E-state index is -0.715. The van der Waals surface area contributed by atoms with Crippen LogP contribution in [0.25, 0.3) is 0 Å². The van der Waals surface area contributed by atoms with Crippen LogP contribution in [0.15, 0.2) is 35.1 Å². The van der Waals surface area contributed by atoms with Gasteiger partial charge < -0.3 is 0 Å². The summed E-state index contributed by atoms with van der Waals surface area (Å²) in [5.41, 5.74) is 1.05. The zero-order valence-electron chi connectivity index (χ0n) is 7.19. The van der Waals surface area contributed by atoms with Crippen molar-refractivity contribution in [3.05, 3.63) is 46.7 Å². The van der Waals surface area contributed by atoms with Crippen molar-refractivity contribution in [1.82, 2.24) is 14.8 Å². The maximum Gasteiger partial charge on any atom is 0.328 e. The second kappa shape index (κ2) is 3.88. The van der Waals surface area contributed by atoms with E-state index in [1.54, 1.807) is 0 Å². The summed E-state index contributed by atoms with van der Waals surface area (Å²) in [6.07, 6.45) is -0.715. The van der Waals surface area contributed by atoms with Crippen LogP contribution in [-0.4, -0.2) is 14.8 Å². The third-order valence-corrected chi connectivity index (χ3v) is 2.36. The topological polar surface area (TPSA) is 30.7 Å². The molecule has 0 amide bonds. The zero-order chi connectivity index (χ0) is 9.97. The summed E-state index contributed by atoms with van der Waals surface area (Å²) in [6.45, 7) is 0.512. The van der Waals surface area contributed by atoms with Crippen LogP contribution in [0.3, 0.4) is 0 Å². The fraction of sp³-hybridized carbons (Fsp3) is 0.111. The van der Waals surface area contributed by atoms with Gasteiger partial charge in [-0.25, -0.2) is 4.68 Å². The number of rotatable bonds is 2. The molecule has 0 N–H and O–H groups in total. The van der Waals surface area contributed by atoms with Crippen LogP contribution in [0.5, 0.6) is 0 Å². The van der Waals surface area contributed by atoms with Crippen LogP contribution in [0.1, 0.15) is 5.56 Å². The summed E-state index contributed by atoms with van der Waals surface area (Å²) in [4.78, 5) is 3.51. The maximum absolute atomic E-state index is 12.6. The number of aromatic nitrogens is 3. The van der Waals surface area contributed by atoms with E-state index in [0.29, 0.717) is 11.3 Å². The van der Waals surface area contributed by atoms with Gasteiger partial charge >= 0.3 is 6.08 Å². The third-order valence-electron chi connectivity index (χ3n) is 1.78. The molecule has 0 unspecified atom stereocenters. The molecule has 0 aliphatic heterocycles. The molecule has 0 aliphatic carbocycles. The molecular weight excluding hydrogens is 249 g/mol. The van der Waals surface area contributed by atoms with E-state index in [1.807, 2.05) is 30.3 Å². The van der Waals surface area contributed by atoms with E-state index in [4.69, 9.17) is 0 Å². The van der Waals surface area contributed by atoms with Crippen molar-refractivity contribution in [3.63, 3.8) is 0 Å². The number of halogens is 2. The molecule has 0 saturated carbocycles. The van der Waals surface area contributed by atoms with Crippen molar-refractivity contribution in [2.45, 2.75) is 6.54 Å². The second-order valence-electron chi connectivity index (χ2n) is 2.79. The molecule has 0 atom stereocenters. The van der Waals surface area contributed by atoms with Gasteiger partial charge in [-0.1, -0.05) is 30.3 Å². The van der Waals surface area contributed by atoms with Crippen molar-refractivity contribution in [2.75, 3.05) is 0 Å². The Morgan fingerprint density at radius 1 is 1.29 bits per heavy atom. The van der Waals surface area contributed by atoms with Crippen LogP contribution in [0, 0.1) is 6.08 Å². The predicted octanol–water partition coefficient (Wildman–Crippen LogP) is 2.23. The molecule has 3 nitrogen and oxygen atoms in total. The van der Waals surface area contributed by atoms with E-state index >= 15 is 0 Å². The van der Waals surface area contributed by atoms with Crippen LogP contribution in [0.4, 0.5) is 4.39 Å². The number of hydrogen-bond acceptors (Lipinski definition) is 2. The summed E-state index contributed by atoms with van der Waals surface area (Å²) in [6, 6.07) is 9.69. The molecule has 0 saturated heterocycles. The molecular formula is C9H7BrFN3. The lowest BCUT2D eigenvalue weighted by molar-refractivity contribution is 0.519. The highest BCUT2D eigenvalue weighted by atomic mass is 79.9. The molecule has 0 bridgehead atoms. The largest absolute Gasteiger partial charge is 0.328 e. The van der Waals surface area contributed by atoms with Crippen LogP contribution in [-0.2, 0) is 6.54 Å². The van der Waals surface area contributed by atoms with Gasteiger partial charge in [0.1, 0.15) is 0 Å². The van der Waals surface area contributed by atoms with Crippen molar-refractivity contribution in [1.29, 1.82) is 0 Å². The summed E-state index contributed by atoms with van der Waals surface area (Å²) in [7, 11) is 0. The summed E-state index contributed by atoms with van der Waals surface area (Å²) in [5, 5.41) is 3.60.